The number of rotatable bonds is 6. The van der Waals surface area contributed by atoms with Crippen LogP contribution in [0.2, 0.25) is 0 Å². The number of hydrogen-bond acceptors (Lipinski definition) is 4. The smallest absolute Gasteiger partial charge is 0.227 e. The third kappa shape index (κ3) is 4.33. The summed E-state index contributed by atoms with van der Waals surface area (Å²) in [6.45, 7) is 7.03. The molecule has 1 aliphatic rings. The predicted molar refractivity (Wildman–Crippen MR) is 120 cm³/mol. The Kier molecular flexibility index (Phi) is 6.04. The Morgan fingerprint density at radius 3 is 2.50 bits per heavy atom. The number of carbonyl (C=O) groups excluding carboxylic acids is 1. The van der Waals surface area contributed by atoms with Gasteiger partial charge in [0.15, 0.2) is 0 Å². The van der Waals surface area contributed by atoms with Gasteiger partial charge in [-0.2, -0.15) is 0 Å². The highest BCUT2D eigenvalue weighted by Gasteiger charge is 2.26. The van der Waals surface area contributed by atoms with Gasteiger partial charge in [-0.15, -0.1) is 0 Å². The number of fused-ring (bicyclic) bond motifs is 1. The number of amides is 1. The summed E-state index contributed by atoms with van der Waals surface area (Å²) < 4.78 is 7.50. The number of benzene rings is 2. The van der Waals surface area contributed by atoms with Crippen molar-refractivity contribution in [1.29, 1.82) is 0 Å². The number of para-hydroxylation sites is 2. The molecule has 158 valence electrons. The summed E-state index contributed by atoms with van der Waals surface area (Å²) in [5.41, 5.74) is 3.06. The van der Waals surface area contributed by atoms with Crippen LogP contribution in [0.3, 0.4) is 0 Å². The van der Waals surface area contributed by atoms with Crippen molar-refractivity contribution in [3.05, 3.63) is 54.4 Å². The van der Waals surface area contributed by atoms with Crippen LogP contribution in [0.25, 0.3) is 11.0 Å². The largest absolute Gasteiger partial charge is 0.497 e. The fraction of sp³-hybridized carbons (Fsp3) is 0.417. The van der Waals surface area contributed by atoms with Crippen molar-refractivity contribution in [2.45, 2.75) is 39.3 Å². The molecule has 1 saturated heterocycles. The zero-order valence-corrected chi connectivity index (χ0v) is 18.0. The van der Waals surface area contributed by atoms with E-state index in [0.717, 1.165) is 55.3 Å². The predicted octanol–water partition coefficient (Wildman–Crippen LogP) is 4.48. The van der Waals surface area contributed by atoms with Gasteiger partial charge in [0.05, 0.1) is 24.7 Å². The quantitative estimate of drug-likeness (QED) is 0.656. The molecule has 0 bridgehead atoms. The summed E-state index contributed by atoms with van der Waals surface area (Å²) in [6, 6.07) is 16.2. The lowest BCUT2D eigenvalue weighted by molar-refractivity contribution is -0.121. The fourth-order valence-corrected chi connectivity index (χ4v) is 4.25. The SMILES string of the molecule is COc1ccc(NC(=O)C2CCN(Cc3nc4ccccc4n3C(C)C)CC2)cc1. The summed E-state index contributed by atoms with van der Waals surface area (Å²) in [5.74, 6) is 2.04. The van der Waals surface area contributed by atoms with Crippen molar-refractivity contribution in [3.8, 4) is 5.75 Å². The number of piperidine rings is 1. The van der Waals surface area contributed by atoms with Gasteiger partial charge in [0.2, 0.25) is 5.91 Å². The highest BCUT2D eigenvalue weighted by molar-refractivity contribution is 5.92. The number of methoxy groups -OCH3 is 1. The summed E-state index contributed by atoms with van der Waals surface area (Å²) in [7, 11) is 1.64. The third-order valence-electron chi connectivity index (χ3n) is 5.87. The van der Waals surface area contributed by atoms with E-state index in [-0.39, 0.29) is 11.8 Å². The Hall–Kier alpha value is -2.86. The van der Waals surface area contributed by atoms with Gasteiger partial charge in [-0.25, -0.2) is 4.98 Å². The van der Waals surface area contributed by atoms with E-state index < -0.39 is 0 Å². The number of likely N-dealkylation sites (tertiary alicyclic amines) is 1. The van der Waals surface area contributed by atoms with Crippen molar-refractivity contribution in [1.82, 2.24) is 14.5 Å². The van der Waals surface area contributed by atoms with E-state index in [1.54, 1.807) is 7.11 Å². The Labute approximate surface area is 177 Å². The monoisotopic (exact) mass is 406 g/mol. The summed E-state index contributed by atoms with van der Waals surface area (Å²) in [5, 5.41) is 3.04. The van der Waals surface area contributed by atoms with Crippen molar-refractivity contribution in [3.63, 3.8) is 0 Å². The molecule has 0 saturated carbocycles. The van der Waals surface area contributed by atoms with Crippen molar-refractivity contribution >= 4 is 22.6 Å². The number of nitrogens with one attached hydrogen (secondary N) is 1. The van der Waals surface area contributed by atoms with Crippen LogP contribution in [0, 0.1) is 5.92 Å². The molecule has 30 heavy (non-hydrogen) atoms. The van der Waals surface area contributed by atoms with Crippen LogP contribution >= 0.6 is 0 Å². The number of anilines is 1. The molecule has 1 fully saturated rings. The highest BCUT2D eigenvalue weighted by Crippen LogP contribution is 2.25. The van der Waals surface area contributed by atoms with Crippen LogP contribution in [0.15, 0.2) is 48.5 Å². The average molecular weight is 407 g/mol. The second-order valence-electron chi connectivity index (χ2n) is 8.25. The van der Waals surface area contributed by atoms with E-state index >= 15 is 0 Å². The maximum Gasteiger partial charge on any atom is 0.227 e. The zero-order valence-electron chi connectivity index (χ0n) is 18.0. The Balaban J connectivity index is 1.36. The first-order chi connectivity index (χ1) is 14.5. The molecular formula is C24H30N4O2. The number of ether oxygens (including phenoxy) is 1. The number of imidazole rings is 1. The molecule has 6 heteroatoms. The van der Waals surface area contributed by atoms with Crippen molar-refractivity contribution < 1.29 is 9.53 Å². The molecule has 4 rings (SSSR count). The molecule has 1 N–H and O–H groups in total. The van der Waals surface area contributed by atoms with E-state index in [1.165, 1.54) is 5.52 Å². The molecule has 1 amide bonds. The second-order valence-corrected chi connectivity index (χ2v) is 8.25. The first-order valence-corrected chi connectivity index (χ1v) is 10.7. The van der Waals surface area contributed by atoms with Gasteiger partial charge in [0.1, 0.15) is 11.6 Å². The number of hydrogen-bond donors (Lipinski definition) is 1. The van der Waals surface area contributed by atoms with E-state index in [4.69, 9.17) is 9.72 Å². The minimum absolute atomic E-state index is 0.0484. The standard InChI is InChI=1S/C24H30N4O2/c1-17(2)28-22-7-5-4-6-21(22)26-23(28)16-27-14-12-18(13-15-27)24(29)25-19-8-10-20(30-3)11-9-19/h4-11,17-18H,12-16H2,1-3H3,(H,25,29). The number of nitrogens with zero attached hydrogens (tertiary/aromatic N) is 3. The molecule has 3 aromatic rings. The molecule has 0 atom stereocenters. The van der Waals surface area contributed by atoms with Gasteiger partial charge in [-0.1, -0.05) is 12.1 Å². The van der Waals surface area contributed by atoms with Crippen LogP contribution in [-0.4, -0.2) is 40.6 Å². The van der Waals surface area contributed by atoms with E-state index in [9.17, 15) is 4.79 Å². The summed E-state index contributed by atoms with van der Waals surface area (Å²) in [4.78, 5) is 20.0. The minimum Gasteiger partial charge on any atom is -0.497 e. The number of carbonyl (C=O) groups is 1. The van der Waals surface area contributed by atoms with E-state index in [1.807, 2.05) is 30.3 Å². The van der Waals surface area contributed by atoms with Gasteiger partial charge in [-0.05, 0) is 76.2 Å². The lowest BCUT2D eigenvalue weighted by atomic mass is 9.96. The maximum atomic E-state index is 12.7. The normalized spacial score (nSPS) is 15.6. The van der Waals surface area contributed by atoms with Gasteiger partial charge < -0.3 is 14.6 Å². The number of aromatic nitrogens is 2. The van der Waals surface area contributed by atoms with Crippen LogP contribution in [0.4, 0.5) is 5.69 Å². The lowest BCUT2D eigenvalue weighted by Crippen LogP contribution is -2.38. The highest BCUT2D eigenvalue weighted by atomic mass is 16.5. The van der Waals surface area contributed by atoms with Crippen LogP contribution < -0.4 is 10.1 Å². The summed E-state index contributed by atoms with van der Waals surface area (Å²) in [6.07, 6.45) is 1.73. The van der Waals surface area contributed by atoms with Crippen molar-refractivity contribution in [2.24, 2.45) is 5.92 Å². The molecule has 0 unspecified atom stereocenters. The van der Waals surface area contributed by atoms with E-state index in [2.05, 4.69) is 46.8 Å². The van der Waals surface area contributed by atoms with Crippen LogP contribution in [-0.2, 0) is 11.3 Å². The molecule has 2 aromatic carbocycles. The van der Waals surface area contributed by atoms with E-state index in [0.29, 0.717) is 6.04 Å². The maximum absolute atomic E-state index is 12.7. The first-order valence-electron chi connectivity index (χ1n) is 10.7. The molecule has 0 spiro atoms. The first kappa shape index (κ1) is 20.4. The van der Waals surface area contributed by atoms with Gasteiger partial charge in [-0.3, -0.25) is 9.69 Å². The lowest BCUT2D eigenvalue weighted by Gasteiger charge is -2.31. The molecule has 1 aromatic heterocycles. The average Bonchev–Trinajstić information content (AvgIpc) is 3.12. The minimum atomic E-state index is 0.0484. The molecule has 0 radical (unpaired) electrons. The third-order valence-corrected chi connectivity index (χ3v) is 5.87. The van der Waals surface area contributed by atoms with Crippen LogP contribution in [0.1, 0.15) is 38.6 Å². The fourth-order valence-electron chi connectivity index (χ4n) is 4.25. The second kappa shape index (κ2) is 8.88. The van der Waals surface area contributed by atoms with Crippen LogP contribution in [0.5, 0.6) is 5.75 Å². The van der Waals surface area contributed by atoms with Gasteiger partial charge in [0, 0.05) is 17.6 Å². The van der Waals surface area contributed by atoms with Gasteiger partial charge in [0.25, 0.3) is 0 Å². The molecule has 1 aliphatic heterocycles. The van der Waals surface area contributed by atoms with Gasteiger partial charge >= 0.3 is 0 Å². The van der Waals surface area contributed by atoms with Crippen molar-refractivity contribution in [2.75, 3.05) is 25.5 Å². The molecular weight excluding hydrogens is 376 g/mol. The molecule has 2 heterocycles. The zero-order chi connectivity index (χ0) is 21.1. The molecule has 0 aliphatic carbocycles. The summed E-state index contributed by atoms with van der Waals surface area (Å²) >= 11 is 0. The Morgan fingerprint density at radius 2 is 1.83 bits per heavy atom. The Morgan fingerprint density at radius 1 is 1.13 bits per heavy atom. The topological polar surface area (TPSA) is 59.4 Å². The molecule has 6 nitrogen and oxygen atoms in total. The Bertz CT molecular complexity index is 1000.